The molecule has 68 heavy (non-hydrogen) atoms. The van der Waals surface area contributed by atoms with E-state index in [0.29, 0.717) is 30.8 Å². The molecule has 0 amide bonds. The maximum atomic E-state index is 13.4. The van der Waals surface area contributed by atoms with Crippen molar-refractivity contribution < 1.29 is 45.7 Å². The van der Waals surface area contributed by atoms with Gasteiger partial charge >= 0.3 is 11.9 Å². The lowest BCUT2D eigenvalue weighted by molar-refractivity contribution is -0.157. The van der Waals surface area contributed by atoms with Crippen LogP contribution in [-0.4, -0.2) is 52.7 Å². The highest BCUT2D eigenvalue weighted by atomic mass is 32.2. The number of esters is 1. The normalized spacial score (nSPS) is 16.0. The highest BCUT2D eigenvalue weighted by Crippen LogP contribution is 2.37. The summed E-state index contributed by atoms with van der Waals surface area (Å²) in [6.45, 7) is 4.80. The highest BCUT2D eigenvalue weighted by Gasteiger charge is 2.29. The minimum Gasteiger partial charge on any atom is -0.482 e. The van der Waals surface area contributed by atoms with Crippen LogP contribution in [-0.2, 0) is 47.2 Å². The molecule has 8 rings (SSSR count). The van der Waals surface area contributed by atoms with Gasteiger partial charge in [-0.3, -0.25) is 0 Å². The number of rotatable bonds is 14. The Morgan fingerprint density at radius 2 is 0.956 bits per heavy atom. The van der Waals surface area contributed by atoms with E-state index in [2.05, 4.69) is 9.44 Å². The second-order valence-electron chi connectivity index (χ2n) is 17.8. The largest absolute Gasteiger partial charge is 0.482 e. The fraction of sp³-hybridized carbons (Fsp3) is 0.296. The molecule has 12 nitrogen and oxygen atoms in total. The molecule has 0 saturated carbocycles. The minimum absolute atomic E-state index is 0.198. The highest BCUT2D eigenvalue weighted by molar-refractivity contribution is 7.89. The fourth-order valence-corrected chi connectivity index (χ4v) is 11.2. The van der Waals surface area contributed by atoms with Gasteiger partial charge in [0.2, 0.25) is 20.0 Å². The van der Waals surface area contributed by atoms with Gasteiger partial charge in [-0.25, -0.2) is 35.9 Å². The third-order valence-electron chi connectivity index (χ3n) is 11.6. The third-order valence-corrected chi connectivity index (χ3v) is 14.6. The fourth-order valence-electron chi connectivity index (χ4n) is 8.58. The van der Waals surface area contributed by atoms with Crippen molar-refractivity contribution in [1.82, 2.24) is 9.44 Å². The smallest absolute Gasteiger partial charge is 0.344 e. The number of carbonyl (C=O) groups excluding carboxylic acids is 1. The van der Waals surface area contributed by atoms with Crippen molar-refractivity contribution in [1.29, 1.82) is 0 Å². The number of fused-ring (bicyclic) bond motifs is 2. The van der Waals surface area contributed by atoms with Crippen molar-refractivity contribution in [3.8, 4) is 33.8 Å². The molecule has 6 aromatic rings. The van der Waals surface area contributed by atoms with E-state index >= 15 is 0 Å². The first-order valence-corrected chi connectivity index (χ1v) is 25.8. The molecule has 2 atom stereocenters. The van der Waals surface area contributed by atoms with Crippen LogP contribution in [0.1, 0.15) is 93.6 Å². The van der Waals surface area contributed by atoms with E-state index in [1.165, 1.54) is 0 Å². The SMILES string of the molecule is CC(C)(C)OC(=O)COc1cccc2c1CCCCC2NS(=O)(=O)c1cccc(-c2ccccc2)c1.O=C(O)COc1cccc2c1CCCCC2NS(=O)(=O)c1cccc(-c2ccccc2)c1. The molecule has 2 aliphatic rings. The number of aliphatic carboxylic acids is 1. The summed E-state index contributed by atoms with van der Waals surface area (Å²) < 4.78 is 75.9. The van der Waals surface area contributed by atoms with Gasteiger partial charge in [-0.15, -0.1) is 0 Å². The average molecular weight is 959 g/mol. The molecule has 6 aromatic carbocycles. The molecule has 0 fully saturated rings. The summed E-state index contributed by atoms with van der Waals surface area (Å²) in [5, 5.41) is 8.95. The van der Waals surface area contributed by atoms with Gasteiger partial charge in [-0.1, -0.05) is 122 Å². The van der Waals surface area contributed by atoms with Gasteiger partial charge < -0.3 is 19.3 Å². The number of hydrogen-bond acceptors (Lipinski definition) is 9. The Balaban J connectivity index is 0.000000203. The number of carbonyl (C=O) groups is 2. The summed E-state index contributed by atoms with van der Waals surface area (Å²) in [5.74, 6) is -0.395. The van der Waals surface area contributed by atoms with Gasteiger partial charge in [0.1, 0.15) is 17.1 Å². The van der Waals surface area contributed by atoms with Crippen molar-refractivity contribution in [3.63, 3.8) is 0 Å². The first-order valence-electron chi connectivity index (χ1n) is 22.8. The van der Waals surface area contributed by atoms with Crippen LogP contribution >= 0.6 is 0 Å². The van der Waals surface area contributed by atoms with Crippen LogP contribution in [0.25, 0.3) is 22.3 Å². The standard InChI is InChI=1S/C29H33NO5S.C25H25NO5S/c1-29(2,3)35-28(31)20-34-27-18-10-16-24-25(27)15-7-8-17-26(24)30-36(32,33)23-14-9-13-22(19-23)21-11-5-4-6-12-21;27-25(28)17-31-24-15-7-13-21-22(24)12-4-5-14-23(21)26-32(29,30)20-11-6-10-19(16-20)18-8-2-1-3-9-18/h4-6,9-14,16,18-19,26,30H,7-8,15,17,20H2,1-3H3;1-3,6-11,13,15-16,23,26H,4-5,12,14,17H2,(H,27,28). The Bertz CT molecular complexity index is 2920. The first-order chi connectivity index (χ1) is 32.6. The van der Waals surface area contributed by atoms with Gasteiger partial charge in [-0.05, 0) is 140 Å². The van der Waals surface area contributed by atoms with Crippen LogP contribution < -0.4 is 18.9 Å². The summed E-state index contributed by atoms with van der Waals surface area (Å²) >= 11 is 0. The van der Waals surface area contributed by atoms with Crippen LogP contribution in [0.5, 0.6) is 11.5 Å². The molecule has 14 heteroatoms. The van der Waals surface area contributed by atoms with Crippen LogP contribution in [0.2, 0.25) is 0 Å². The van der Waals surface area contributed by atoms with Gasteiger partial charge in [0.25, 0.3) is 0 Å². The van der Waals surface area contributed by atoms with Crippen LogP contribution in [0.15, 0.2) is 155 Å². The van der Waals surface area contributed by atoms with Crippen LogP contribution in [0, 0.1) is 0 Å². The molecule has 0 saturated heterocycles. The zero-order valence-electron chi connectivity index (χ0n) is 38.5. The van der Waals surface area contributed by atoms with E-state index in [1.807, 2.05) is 118 Å². The maximum Gasteiger partial charge on any atom is 0.344 e. The van der Waals surface area contributed by atoms with E-state index < -0.39 is 56.3 Å². The summed E-state index contributed by atoms with van der Waals surface area (Å²) in [6.07, 6.45) is 6.31. The van der Waals surface area contributed by atoms with Crippen molar-refractivity contribution in [2.45, 2.75) is 99.6 Å². The average Bonchev–Trinajstić information content (AvgIpc) is 3.66. The molecule has 0 radical (unpaired) electrons. The zero-order valence-corrected chi connectivity index (χ0v) is 40.2. The lowest BCUT2D eigenvalue weighted by atomic mass is 9.99. The Morgan fingerprint density at radius 1 is 0.544 bits per heavy atom. The zero-order chi connectivity index (χ0) is 48.3. The van der Waals surface area contributed by atoms with Crippen molar-refractivity contribution in [3.05, 3.63) is 168 Å². The van der Waals surface area contributed by atoms with Crippen molar-refractivity contribution in [2.75, 3.05) is 13.2 Å². The molecule has 0 aromatic heterocycles. The minimum atomic E-state index is -3.77. The lowest BCUT2D eigenvalue weighted by Crippen LogP contribution is -2.29. The van der Waals surface area contributed by atoms with Gasteiger partial charge in [-0.2, -0.15) is 0 Å². The van der Waals surface area contributed by atoms with E-state index in [0.717, 1.165) is 76.6 Å². The van der Waals surface area contributed by atoms with E-state index in [9.17, 15) is 26.4 Å². The van der Waals surface area contributed by atoms with Crippen molar-refractivity contribution >= 4 is 32.0 Å². The summed E-state index contributed by atoms with van der Waals surface area (Å²) in [4.78, 5) is 23.5. The topological polar surface area (TPSA) is 174 Å². The van der Waals surface area contributed by atoms with Crippen molar-refractivity contribution in [2.24, 2.45) is 0 Å². The van der Waals surface area contributed by atoms with E-state index in [4.69, 9.17) is 19.3 Å². The van der Waals surface area contributed by atoms with E-state index in [1.54, 1.807) is 48.5 Å². The number of nitrogens with one attached hydrogen (secondary N) is 2. The first kappa shape index (κ1) is 49.6. The van der Waals surface area contributed by atoms with E-state index in [-0.39, 0.29) is 16.4 Å². The predicted octanol–water partition coefficient (Wildman–Crippen LogP) is 10.4. The Hall–Kier alpha value is -6.32. The van der Waals surface area contributed by atoms with Gasteiger partial charge in [0.05, 0.1) is 9.79 Å². The van der Waals surface area contributed by atoms with Gasteiger partial charge in [0, 0.05) is 12.1 Å². The molecular formula is C54H58N2O10S2. The summed E-state index contributed by atoms with van der Waals surface area (Å²) in [7, 11) is -7.55. The number of carboxylic acids is 1. The predicted molar refractivity (Wildman–Crippen MR) is 262 cm³/mol. The van der Waals surface area contributed by atoms with Crippen LogP contribution in [0.4, 0.5) is 0 Å². The van der Waals surface area contributed by atoms with Crippen LogP contribution in [0.3, 0.4) is 0 Å². The molecule has 2 unspecified atom stereocenters. The summed E-state index contributed by atoms with van der Waals surface area (Å²) in [6, 6.07) is 43.5. The molecule has 3 N–H and O–H groups in total. The number of benzene rings is 6. The van der Waals surface area contributed by atoms with Gasteiger partial charge in [0.15, 0.2) is 13.2 Å². The quantitative estimate of drug-likeness (QED) is 0.0704. The molecule has 0 aliphatic heterocycles. The molecule has 0 heterocycles. The molecular weight excluding hydrogens is 901 g/mol. The number of carboxylic acid groups (broad SMARTS) is 1. The third kappa shape index (κ3) is 13.2. The molecule has 0 bridgehead atoms. The molecule has 356 valence electrons. The Kier molecular flexibility index (Phi) is 16.2. The lowest BCUT2D eigenvalue weighted by Gasteiger charge is -2.22. The number of sulfonamides is 2. The monoisotopic (exact) mass is 958 g/mol. The number of ether oxygens (including phenoxy) is 3. The second kappa shape index (κ2) is 22.2. The Morgan fingerprint density at radius 3 is 1.38 bits per heavy atom. The molecule has 0 spiro atoms. The summed E-state index contributed by atoms with van der Waals surface area (Å²) in [5.41, 5.74) is 6.53. The number of hydrogen-bond donors (Lipinski definition) is 3. The second-order valence-corrected chi connectivity index (χ2v) is 21.3. The Labute approximate surface area is 399 Å². The molecule has 2 aliphatic carbocycles. The maximum absolute atomic E-state index is 13.4.